The summed E-state index contributed by atoms with van der Waals surface area (Å²) in [5.41, 5.74) is 7.35. The van der Waals surface area contributed by atoms with E-state index in [1.165, 1.54) is 0 Å². The van der Waals surface area contributed by atoms with Gasteiger partial charge in [-0.2, -0.15) is 0 Å². The highest BCUT2D eigenvalue weighted by Crippen LogP contribution is 2.21. The van der Waals surface area contributed by atoms with Crippen molar-refractivity contribution >= 4 is 11.6 Å². The number of nitrogens with one attached hydrogen (secondary N) is 1. The van der Waals surface area contributed by atoms with Gasteiger partial charge in [-0.3, -0.25) is 4.79 Å². The number of nitrogens with zero attached hydrogens (tertiary/aromatic N) is 2. The highest BCUT2D eigenvalue weighted by Gasteiger charge is 2.11. The van der Waals surface area contributed by atoms with E-state index in [1.807, 2.05) is 4.57 Å². The van der Waals surface area contributed by atoms with Crippen molar-refractivity contribution < 1.29 is 9.18 Å². The first-order valence-corrected chi connectivity index (χ1v) is 6.74. The molecule has 112 valence electrons. The first kappa shape index (κ1) is 15.0. The molecule has 0 aliphatic carbocycles. The minimum absolute atomic E-state index is 0.151. The molecule has 0 spiro atoms. The van der Waals surface area contributed by atoms with Crippen LogP contribution >= 0.6 is 0 Å². The molecule has 2 aromatic rings. The van der Waals surface area contributed by atoms with Crippen LogP contribution in [0.15, 0.2) is 24.7 Å². The largest absolute Gasteiger partial charge is 0.379 e. The Morgan fingerprint density at radius 3 is 2.81 bits per heavy atom. The van der Waals surface area contributed by atoms with Crippen LogP contribution in [-0.4, -0.2) is 15.5 Å². The fourth-order valence-corrected chi connectivity index (χ4v) is 2.12. The van der Waals surface area contributed by atoms with Gasteiger partial charge in [0.15, 0.2) is 0 Å². The lowest BCUT2D eigenvalue weighted by atomic mass is 10.1. The van der Waals surface area contributed by atoms with Crippen LogP contribution in [0.4, 0.5) is 10.1 Å². The van der Waals surface area contributed by atoms with Gasteiger partial charge in [0.2, 0.25) is 5.91 Å². The second-order valence-electron chi connectivity index (χ2n) is 5.23. The summed E-state index contributed by atoms with van der Waals surface area (Å²) in [5, 5.41) is 3.14. The maximum atomic E-state index is 13.8. The molecule has 21 heavy (non-hydrogen) atoms. The molecule has 0 atom stereocenters. The summed E-state index contributed by atoms with van der Waals surface area (Å²) < 4.78 is 15.8. The fraction of sp³-hybridized carbons (Fsp3) is 0.333. The van der Waals surface area contributed by atoms with Gasteiger partial charge in [0.25, 0.3) is 0 Å². The summed E-state index contributed by atoms with van der Waals surface area (Å²) in [6, 6.07) is 3.01. The van der Waals surface area contributed by atoms with Gasteiger partial charge in [0.1, 0.15) is 5.82 Å². The van der Waals surface area contributed by atoms with Crippen molar-refractivity contribution in [3.8, 4) is 0 Å². The Kier molecular flexibility index (Phi) is 4.26. The van der Waals surface area contributed by atoms with Crippen molar-refractivity contribution in [2.75, 3.05) is 5.32 Å². The third kappa shape index (κ3) is 3.21. The molecule has 0 aliphatic rings. The van der Waals surface area contributed by atoms with Gasteiger partial charge in [0.05, 0.1) is 18.6 Å². The minimum atomic E-state index is -0.649. The third-order valence-corrected chi connectivity index (χ3v) is 3.39. The Morgan fingerprint density at radius 2 is 2.19 bits per heavy atom. The van der Waals surface area contributed by atoms with E-state index in [9.17, 15) is 9.18 Å². The van der Waals surface area contributed by atoms with Crippen molar-refractivity contribution in [2.24, 2.45) is 5.73 Å². The molecule has 1 aromatic heterocycles. The van der Waals surface area contributed by atoms with Gasteiger partial charge >= 0.3 is 0 Å². The molecule has 0 aliphatic heterocycles. The molecule has 0 saturated heterocycles. The van der Waals surface area contributed by atoms with Gasteiger partial charge in [-0.15, -0.1) is 0 Å². The number of aromatic nitrogens is 2. The molecule has 0 bridgehead atoms. The van der Waals surface area contributed by atoms with Crippen molar-refractivity contribution in [2.45, 2.75) is 33.4 Å². The van der Waals surface area contributed by atoms with E-state index in [4.69, 9.17) is 5.73 Å². The molecule has 2 rings (SSSR count). The van der Waals surface area contributed by atoms with Crippen molar-refractivity contribution in [1.82, 2.24) is 9.55 Å². The number of hydrogen-bond donors (Lipinski definition) is 2. The number of primary amides is 1. The van der Waals surface area contributed by atoms with E-state index < -0.39 is 11.7 Å². The number of carbonyl (C=O) groups is 1. The summed E-state index contributed by atoms with van der Waals surface area (Å²) in [7, 11) is 0. The summed E-state index contributed by atoms with van der Waals surface area (Å²) in [5.74, 6) is -1.10. The van der Waals surface area contributed by atoms with E-state index in [0.29, 0.717) is 23.8 Å². The van der Waals surface area contributed by atoms with E-state index in [1.54, 1.807) is 25.5 Å². The maximum absolute atomic E-state index is 13.8. The van der Waals surface area contributed by atoms with Gasteiger partial charge < -0.3 is 15.6 Å². The number of halogens is 1. The maximum Gasteiger partial charge on any atom is 0.248 e. The molecule has 5 nitrogen and oxygen atoms in total. The fourth-order valence-electron chi connectivity index (χ4n) is 2.12. The molecule has 1 heterocycles. The zero-order valence-electron chi connectivity index (χ0n) is 12.4. The monoisotopic (exact) mass is 290 g/mol. The van der Waals surface area contributed by atoms with E-state index >= 15 is 0 Å². The normalized spacial score (nSPS) is 10.9. The van der Waals surface area contributed by atoms with Crippen molar-refractivity contribution in [1.29, 1.82) is 0 Å². The van der Waals surface area contributed by atoms with Crippen molar-refractivity contribution in [3.63, 3.8) is 0 Å². The van der Waals surface area contributed by atoms with Crippen LogP contribution in [0.1, 0.15) is 41.5 Å². The SMILES string of the molecule is Cc1c(F)cc(C(N)=O)cc1NCc1cncn1C(C)C. The lowest BCUT2D eigenvalue weighted by Gasteiger charge is -2.15. The van der Waals surface area contributed by atoms with Crippen LogP contribution < -0.4 is 11.1 Å². The molecule has 0 fully saturated rings. The second-order valence-corrected chi connectivity index (χ2v) is 5.23. The topological polar surface area (TPSA) is 72.9 Å². The third-order valence-electron chi connectivity index (χ3n) is 3.39. The van der Waals surface area contributed by atoms with Gasteiger partial charge in [-0.05, 0) is 32.9 Å². The number of amides is 1. The average molecular weight is 290 g/mol. The number of anilines is 1. The second kappa shape index (κ2) is 5.95. The summed E-state index contributed by atoms with van der Waals surface area (Å²) >= 11 is 0. The number of rotatable bonds is 5. The lowest BCUT2D eigenvalue weighted by molar-refractivity contribution is 0.1000. The first-order chi connectivity index (χ1) is 9.90. The smallest absolute Gasteiger partial charge is 0.248 e. The van der Waals surface area contributed by atoms with Crippen LogP contribution in [-0.2, 0) is 6.54 Å². The molecule has 6 heteroatoms. The predicted octanol–water partition coefficient (Wildman–Crippen LogP) is 2.62. The Hall–Kier alpha value is -2.37. The summed E-state index contributed by atoms with van der Waals surface area (Å²) in [4.78, 5) is 15.3. The number of nitrogens with two attached hydrogens (primary N) is 1. The molecular weight excluding hydrogens is 271 g/mol. The zero-order valence-corrected chi connectivity index (χ0v) is 12.4. The van der Waals surface area contributed by atoms with Gasteiger partial charge in [-0.25, -0.2) is 9.37 Å². The Balaban J connectivity index is 2.23. The number of imidazole rings is 1. The molecule has 3 N–H and O–H groups in total. The number of carbonyl (C=O) groups excluding carboxylic acids is 1. The number of hydrogen-bond acceptors (Lipinski definition) is 3. The average Bonchev–Trinajstić information content (AvgIpc) is 2.88. The van der Waals surface area contributed by atoms with Crippen LogP contribution in [0.25, 0.3) is 0 Å². The Labute approximate surface area is 123 Å². The van der Waals surface area contributed by atoms with E-state index in [-0.39, 0.29) is 5.56 Å². The molecule has 1 amide bonds. The molecular formula is C15H19FN4O. The van der Waals surface area contributed by atoms with E-state index in [0.717, 1.165) is 11.8 Å². The van der Waals surface area contributed by atoms with Crippen LogP contribution in [0.3, 0.4) is 0 Å². The van der Waals surface area contributed by atoms with E-state index in [2.05, 4.69) is 24.1 Å². The Morgan fingerprint density at radius 1 is 1.48 bits per heavy atom. The zero-order chi connectivity index (χ0) is 15.6. The highest BCUT2D eigenvalue weighted by molar-refractivity contribution is 5.94. The molecule has 1 aromatic carbocycles. The predicted molar refractivity (Wildman–Crippen MR) is 79.6 cm³/mol. The van der Waals surface area contributed by atoms with Gasteiger partial charge in [-0.1, -0.05) is 0 Å². The van der Waals surface area contributed by atoms with Gasteiger partial charge in [0, 0.05) is 29.1 Å². The lowest BCUT2D eigenvalue weighted by Crippen LogP contribution is -2.14. The number of benzene rings is 1. The molecule has 0 unspecified atom stereocenters. The first-order valence-electron chi connectivity index (χ1n) is 6.74. The Bertz CT molecular complexity index is 664. The van der Waals surface area contributed by atoms with Crippen LogP contribution in [0, 0.1) is 12.7 Å². The molecule has 0 saturated carbocycles. The summed E-state index contributed by atoms with van der Waals surface area (Å²) in [6.45, 7) is 6.26. The highest BCUT2D eigenvalue weighted by atomic mass is 19.1. The summed E-state index contributed by atoms with van der Waals surface area (Å²) in [6.07, 6.45) is 3.52. The van der Waals surface area contributed by atoms with Crippen molar-refractivity contribution in [3.05, 3.63) is 47.3 Å². The quantitative estimate of drug-likeness (QED) is 0.889. The van der Waals surface area contributed by atoms with Crippen LogP contribution in [0.2, 0.25) is 0 Å². The molecule has 0 radical (unpaired) electrons. The van der Waals surface area contributed by atoms with Crippen LogP contribution in [0.5, 0.6) is 0 Å². The standard InChI is InChI=1S/C15H19FN4O/c1-9(2)20-8-18-6-12(20)7-19-14-5-11(15(17)21)4-13(16)10(14)3/h4-6,8-9,19H,7H2,1-3H3,(H2,17,21). The minimum Gasteiger partial charge on any atom is -0.379 e.